The van der Waals surface area contributed by atoms with Gasteiger partial charge >= 0.3 is 5.69 Å². The zero-order valence-electron chi connectivity index (χ0n) is 15.7. The molecule has 0 fully saturated rings. The van der Waals surface area contributed by atoms with Crippen LogP contribution in [0.4, 0.5) is 17.1 Å². The SMILES string of the molecule is Cc1ccc(-c2nc3n(c2/C=[N+](\[O-])c2ccc([N+](=O)[O-])cc2[N+](=O)[O-])CCS3)cc1. The van der Waals surface area contributed by atoms with E-state index >= 15 is 0 Å². The van der Waals surface area contributed by atoms with Gasteiger partial charge in [-0.1, -0.05) is 41.6 Å². The second-order valence-electron chi connectivity index (χ2n) is 6.64. The van der Waals surface area contributed by atoms with Gasteiger partial charge in [-0.05, 0) is 6.92 Å². The van der Waals surface area contributed by atoms with Crippen molar-refractivity contribution >= 4 is 35.0 Å². The van der Waals surface area contributed by atoms with E-state index in [4.69, 9.17) is 0 Å². The summed E-state index contributed by atoms with van der Waals surface area (Å²) in [6.07, 6.45) is 1.24. The second kappa shape index (κ2) is 7.59. The number of hydrogen-bond donors (Lipinski definition) is 0. The number of nitro groups is 2. The van der Waals surface area contributed by atoms with Crippen LogP contribution in [0.2, 0.25) is 0 Å². The molecule has 1 aromatic heterocycles. The fourth-order valence-electron chi connectivity index (χ4n) is 3.19. The number of aryl methyl sites for hydroxylation is 1. The number of hydrogen-bond acceptors (Lipinski definition) is 7. The van der Waals surface area contributed by atoms with Gasteiger partial charge in [0.05, 0.1) is 9.85 Å². The van der Waals surface area contributed by atoms with Crippen molar-refractivity contribution in [3.63, 3.8) is 0 Å². The van der Waals surface area contributed by atoms with Gasteiger partial charge in [-0.3, -0.25) is 20.2 Å². The molecule has 2 aromatic carbocycles. The van der Waals surface area contributed by atoms with Crippen LogP contribution in [0.15, 0.2) is 47.6 Å². The molecule has 0 aliphatic carbocycles. The van der Waals surface area contributed by atoms with Gasteiger partial charge in [-0.25, -0.2) is 4.98 Å². The third-order valence-corrected chi connectivity index (χ3v) is 5.64. The van der Waals surface area contributed by atoms with Gasteiger partial charge in [-0.15, -0.1) is 0 Å². The van der Waals surface area contributed by atoms with E-state index in [0.29, 0.717) is 22.7 Å². The Bertz CT molecular complexity index is 1200. The first-order chi connectivity index (χ1) is 14.3. The van der Waals surface area contributed by atoms with E-state index in [2.05, 4.69) is 4.98 Å². The van der Waals surface area contributed by atoms with Gasteiger partial charge < -0.3 is 9.77 Å². The summed E-state index contributed by atoms with van der Waals surface area (Å²) >= 11 is 1.56. The third kappa shape index (κ3) is 3.50. The normalized spacial score (nSPS) is 13.3. The molecule has 0 amide bonds. The van der Waals surface area contributed by atoms with E-state index in [1.807, 2.05) is 35.8 Å². The summed E-state index contributed by atoms with van der Waals surface area (Å²) in [7, 11) is 0. The van der Waals surface area contributed by atoms with Crippen molar-refractivity contribution in [3.8, 4) is 11.3 Å². The summed E-state index contributed by atoms with van der Waals surface area (Å²) in [5.74, 6) is 0.813. The number of non-ortho nitro benzene ring substituents is 1. The predicted molar refractivity (Wildman–Crippen MR) is 111 cm³/mol. The molecule has 2 heterocycles. The Morgan fingerprint density at radius 3 is 2.43 bits per heavy atom. The highest BCUT2D eigenvalue weighted by atomic mass is 32.2. The van der Waals surface area contributed by atoms with E-state index in [0.717, 1.165) is 40.2 Å². The molecule has 1 aliphatic rings. The van der Waals surface area contributed by atoms with E-state index in [1.54, 1.807) is 11.8 Å². The fourth-order valence-corrected chi connectivity index (χ4v) is 4.15. The van der Waals surface area contributed by atoms with Gasteiger partial charge in [-0.2, -0.15) is 4.74 Å². The highest BCUT2D eigenvalue weighted by Gasteiger charge is 2.28. The van der Waals surface area contributed by atoms with Crippen LogP contribution in [0.1, 0.15) is 11.3 Å². The van der Waals surface area contributed by atoms with Crippen molar-refractivity contribution in [2.24, 2.45) is 0 Å². The van der Waals surface area contributed by atoms with Crippen LogP contribution in [-0.2, 0) is 6.54 Å². The standard InChI is InChI=1S/C19H15N5O5S/c1-12-2-4-13(5-3-12)18-17(21-8-9-30-19(21)20-18)11-22(25)15-7-6-14(23(26)27)10-16(15)24(28)29/h2-7,10-11H,8-9H2,1H3/b22-11-. The Morgan fingerprint density at radius 1 is 1.03 bits per heavy atom. The van der Waals surface area contributed by atoms with Gasteiger partial charge in [0.15, 0.2) is 5.16 Å². The Balaban J connectivity index is 1.85. The Kier molecular flexibility index (Phi) is 4.96. The number of nitrogens with zero attached hydrogens (tertiary/aromatic N) is 5. The molecule has 0 saturated heterocycles. The molecule has 11 heteroatoms. The van der Waals surface area contributed by atoms with Crippen molar-refractivity contribution in [3.05, 3.63) is 79.2 Å². The third-order valence-electron chi connectivity index (χ3n) is 4.69. The number of aromatic nitrogens is 2. The van der Waals surface area contributed by atoms with E-state index in [1.165, 1.54) is 6.21 Å². The lowest BCUT2D eigenvalue weighted by molar-refractivity contribution is -0.413. The Morgan fingerprint density at radius 2 is 1.77 bits per heavy atom. The lowest BCUT2D eigenvalue weighted by Crippen LogP contribution is -2.08. The van der Waals surface area contributed by atoms with Crippen LogP contribution in [0.3, 0.4) is 0 Å². The number of imidazole rings is 1. The zero-order chi connectivity index (χ0) is 21.4. The van der Waals surface area contributed by atoms with Gasteiger partial charge in [0.25, 0.3) is 11.4 Å². The van der Waals surface area contributed by atoms with Crippen molar-refractivity contribution in [1.29, 1.82) is 0 Å². The summed E-state index contributed by atoms with van der Waals surface area (Å²) in [6.45, 7) is 2.62. The van der Waals surface area contributed by atoms with Crippen molar-refractivity contribution in [2.75, 3.05) is 5.75 Å². The van der Waals surface area contributed by atoms with E-state index in [9.17, 15) is 25.4 Å². The first kappa shape index (κ1) is 19.6. The molecule has 0 spiro atoms. The zero-order valence-corrected chi connectivity index (χ0v) is 16.5. The average molecular weight is 425 g/mol. The van der Waals surface area contributed by atoms with Crippen molar-refractivity contribution in [1.82, 2.24) is 9.55 Å². The maximum Gasteiger partial charge on any atom is 0.348 e. The van der Waals surface area contributed by atoms with Gasteiger partial charge in [0.2, 0.25) is 6.21 Å². The fraction of sp³-hybridized carbons (Fsp3) is 0.158. The van der Waals surface area contributed by atoms with Crippen molar-refractivity contribution < 1.29 is 14.6 Å². The quantitative estimate of drug-likeness (QED) is 0.198. The van der Waals surface area contributed by atoms with Crippen LogP contribution in [0, 0.1) is 32.4 Å². The number of benzene rings is 2. The second-order valence-corrected chi connectivity index (χ2v) is 7.70. The minimum Gasteiger partial charge on any atom is -0.618 e. The molecule has 0 radical (unpaired) electrons. The van der Waals surface area contributed by atoms with Crippen LogP contribution >= 0.6 is 11.8 Å². The molecule has 0 bridgehead atoms. The minimum absolute atomic E-state index is 0.290. The molecule has 0 N–H and O–H groups in total. The summed E-state index contributed by atoms with van der Waals surface area (Å²) < 4.78 is 2.26. The monoisotopic (exact) mass is 425 g/mol. The summed E-state index contributed by atoms with van der Waals surface area (Å²) in [5.41, 5.74) is 1.65. The first-order valence-corrected chi connectivity index (χ1v) is 9.88. The van der Waals surface area contributed by atoms with Crippen LogP contribution in [-0.4, -0.2) is 36.1 Å². The highest BCUT2D eigenvalue weighted by Crippen LogP contribution is 2.34. The number of thioether (sulfide) groups is 1. The Hall–Kier alpha value is -3.73. The average Bonchev–Trinajstić information content (AvgIpc) is 3.30. The molecular formula is C19H15N5O5S. The topological polar surface area (TPSA) is 130 Å². The molecule has 0 atom stereocenters. The molecule has 4 rings (SSSR count). The summed E-state index contributed by atoms with van der Waals surface area (Å²) in [6, 6.07) is 10.6. The molecule has 30 heavy (non-hydrogen) atoms. The Labute approximate surface area is 174 Å². The molecular weight excluding hydrogens is 410 g/mol. The van der Waals surface area contributed by atoms with E-state index < -0.39 is 21.2 Å². The molecule has 10 nitrogen and oxygen atoms in total. The maximum atomic E-state index is 12.9. The molecule has 152 valence electrons. The maximum absolute atomic E-state index is 12.9. The predicted octanol–water partition coefficient (Wildman–Crippen LogP) is 4.04. The van der Waals surface area contributed by atoms with Crippen molar-refractivity contribution in [2.45, 2.75) is 18.6 Å². The highest BCUT2D eigenvalue weighted by molar-refractivity contribution is 7.99. The van der Waals surface area contributed by atoms with Gasteiger partial charge in [0.1, 0.15) is 17.5 Å². The summed E-state index contributed by atoms with van der Waals surface area (Å²) in [4.78, 5) is 25.4. The molecule has 1 aliphatic heterocycles. The molecule has 3 aromatic rings. The summed E-state index contributed by atoms with van der Waals surface area (Å²) in [5, 5.41) is 36.0. The number of fused-ring (bicyclic) bond motifs is 1. The largest absolute Gasteiger partial charge is 0.618 e. The van der Waals surface area contributed by atoms with Gasteiger partial charge in [0, 0.05) is 30.0 Å². The van der Waals surface area contributed by atoms with Crippen LogP contribution in [0.25, 0.3) is 11.3 Å². The number of rotatable bonds is 5. The lowest BCUT2D eigenvalue weighted by atomic mass is 10.1. The molecule has 0 saturated carbocycles. The minimum atomic E-state index is -0.807. The van der Waals surface area contributed by atoms with Crippen LogP contribution < -0.4 is 0 Å². The van der Waals surface area contributed by atoms with E-state index in [-0.39, 0.29) is 5.69 Å². The van der Waals surface area contributed by atoms with Crippen LogP contribution in [0.5, 0.6) is 0 Å². The number of nitro benzene ring substituents is 2. The molecule has 0 unspecified atom stereocenters. The smallest absolute Gasteiger partial charge is 0.348 e. The lowest BCUT2D eigenvalue weighted by Gasteiger charge is -2.06. The first-order valence-electron chi connectivity index (χ1n) is 8.89.